The molecule has 0 amide bonds. The molecule has 3 aromatic rings. The molecule has 0 spiro atoms. The Morgan fingerprint density at radius 3 is 2.36 bits per heavy atom. The van der Waals surface area contributed by atoms with Gasteiger partial charge < -0.3 is 19.3 Å². The maximum atomic E-state index is 10.7. The van der Waals surface area contributed by atoms with E-state index in [1.54, 1.807) is 0 Å². The summed E-state index contributed by atoms with van der Waals surface area (Å²) in [5.41, 5.74) is 4.59. The summed E-state index contributed by atoms with van der Waals surface area (Å²) in [4.78, 5) is 0. The lowest BCUT2D eigenvalue weighted by Gasteiger charge is -2.22. The number of hydrogen-bond donors (Lipinski definition) is 1. The van der Waals surface area contributed by atoms with E-state index in [2.05, 4.69) is 38.1 Å². The van der Waals surface area contributed by atoms with Crippen molar-refractivity contribution in [1.29, 1.82) is 0 Å². The van der Waals surface area contributed by atoms with E-state index < -0.39 is 6.48 Å². The Morgan fingerprint density at radius 2 is 1.64 bits per heavy atom. The van der Waals surface area contributed by atoms with Gasteiger partial charge in [0.25, 0.3) is 0 Å². The van der Waals surface area contributed by atoms with E-state index in [0.717, 1.165) is 21.9 Å². The molecule has 1 unspecified atom stereocenters. The van der Waals surface area contributed by atoms with Crippen molar-refractivity contribution in [2.75, 3.05) is 7.11 Å². The summed E-state index contributed by atoms with van der Waals surface area (Å²) >= 11 is 0. The number of ether oxygens (including phenoxy) is 3. The van der Waals surface area contributed by atoms with Crippen LogP contribution in [0, 0.1) is 0 Å². The van der Waals surface area contributed by atoms with Gasteiger partial charge in [0.05, 0.1) is 0 Å². The van der Waals surface area contributed by atoms with E-state index in [9.17, 15) is 5.11 Å². The predicted molar refractivity (Wildman–Crippen MR) is 95.2 cm³/mol. The fraction of sp³-hybridized carbons (Fsp3) is 0.238. The quantitative estimate of drug-likeness (QED) is 0.709. The molecule has 0 bridgehead atoms. The van der Waals surface area contributed by atoms with Crippen LogP contribution in [0.4, 0.5) is 0 Å². The van der Waals surface area contributed by atoms with Crippen molar-refractivity contribution in [3.8, 4) is 28.4 Å². The Balaban J connectivity index is 1.87. The summed E-state index contributed by atoms with van der Waals surface area (Å²) in [6, 6.07) is 14.1. The van der Waals surface area contributed by atoms with Crippen LogP contribution in [0.1, 0.15) is 25.0 Å². The molecule has 0 radical (unpaired) electrons. The average Bonchev–Trinajstić information content (AvgIpc) is 3.11. The van der Waals surface area contributed by atoms with E-state index in [1.807, 2.05) is 18.2 Å². The van der Waals surface area contributed by atoms with Gasteiger partial charge in [-0.2, -0.15) is 0 Å². The first kappa shape index (κ1) is 14.6. The zero-order valence-electron chi connectivity index (χ0n) is 14.3. The van der Waals surface area contributed by atoms with Crippen LogP contribution in [0.5, 0.6) is 17.2 Å². The van der Waals surface area contributed by atoms with Crippen LogP contribution in [-0.4, -0.2) is 18.7 Å². The van der Waals surface area contributed by atoms with Gasteiger partial charge in [0, 0.05) is 17.9 Å². The second-order valence-corrected chi connectivity index (χ2v) is 7.09. The highest BCUT2D eigenvalue weighted by atomic mass is 16.9. The van der Waals surface area contributed by atoms with Crippen LogP contribution < -0.4 is 9.47 Å². The molecule has 1 aliphatic carbocycles. The van der Waals surface area contributed by atoms with E-state index in [4.69, 9.17) is 14.2 Å². The molecule has 0 aromatic heterocycles. The SMILES string of the molecule is COC1Oc2cc3c(O)cc4c(c3cc2O1)-c1ccccc1C4(C)C. The second-order valence-electron chi connectivity index (χ2n) is 7.09. The van der Waals surface area contributed by atoms with Crippen LogP contribution in [0.15, 0.2) is 42.5 Å². The maximum Gasteiger partial charge on any atom is 0.360 e. The fourth-order valence-electron chi connectivity index (χ4n) is 4.10. The molecule has 1 atom stereocenters. The first-order valence-electron chi connectivity index (χ1n) is 8.31. The minimum absolute atomic E-state index is 0.164. The van der Waals surface area contributed by atoms with Crippen molar-refractivity contribution in [1.82, 2.24) is 0 Å². The van der Waals surface area contributed by atoms with Gasteiger partial charge in [-0.15, -0.1) is 0 Å². The van der Waals surface area contributed by atoms with Crippen molar-refractivity contribution in [2.45, 2.75) is 25.7 Å². The van der Waals surface area contributed by atoms with Gasteiger partial charge in [-0.1, -0.05) is 38.1 Å². The second kappa shape index (κ2) is 4.67. The van der Waals surface area contributed by atoms with Gasteiger partial charge in [-0.05, 0) is 45.8 Å². The van der Waals surface area contributed by atoms with Gasteiger partial charge in [0.1, 0.15) is 5.75 Å². The molecule has 126 valence electrons. The molecule has 1 N–H and O–H groups in total. The minimum Gasteiger partial charge on any atom is -0.507 e. The fourth-order valence-corrected chi connectivity index (χ4v) is 4.10. The highest BCUT2D eigenvalue weighted by Gasteiger charge is 2.37. The highest BCUT2D eigenvalue weighted by molar-refractivity contribution is 6.06. The number of aromatic hydroxyl groups is 1. The third-order valence-electron chi connectivity index (χ3n) is 5.36. The Labute approximate surface area is 145 Å². The van der Waals surface area contributed by atoms with Gasteiger partial charge in [0.2, 0.25) is 0 Å². The van der Waals surface area contributed by atoms with E-state index in [1.165, 1.54) is 18.2 Å². The number of rotatable bonds is 1. The Bertz CT molecular complexity index is 1040. The number of methoxy groups -OCH3 is 1. The normalized spacial score (nSPS) is 19.1. The van der Waals surface area contributed by atoms with Crippen LogP contribution in [0.3, 0.4) is 0 Å². The number of fused-ring (bicyclic) bond motifs is 6. The third kappa shape index (κ3) is 1.80. The maximum absolute atomic E-state index is 10.7. The first-order chi connectivity index (χ1) is 12.0. The van der Waals surface area contributed by atoms with Gasteiger partial charge in [-0.3, -0.25) is 0 Å². The Kier molecular flexibility index (Phi) is 2.73. The zero-order valence-corrected chi connectivity index (χ0v) is 14.3. The molecular formula is C21H18O4. The van der Waals surface area contributed by atoms with Crippen molar-refractivity contribution < 1.29 is 19.3 Å². The van der Waals surface area contributed by atoms with Crippen molar-refractivity contribution in [3.05, 3.63) is 53.6 Å². The van der Waals surface area contributed by atoms with Gasteiger partial charge in [-0.25, -0.2) is 0 Å². The molecule has 4 nitrogen and oxygen atoms in total. The summed E-state index contributed by atoms with van der Waals surface area (Å²) < 4.78 is 16.4. The first-order valence-corrected chi connectivity index (χ1v) is 8.31. The highest BCUT2D eigenvalue weighted by Crippen LogP contribution is 2.54. The Morgan fingerprint density at radius 1 is 0.960 bits per heavy atom. The molecular weight excluding hydrogens is 316 g/mol. The van der Waals surface area contributed by atoms with E-state index in [-0.39, 0.29) is 11.2 Å². The molecule has 0 fully saturated rings. The molecule has 0 saturated carbocycles. The Hall–Kier alpha value is -2.72. The molecule has 0 saturated heterocycles. The number of hydrogen-bond acceptors (Lipinski definition) is 4. The summed E-state index contributed by atoms with van der Waals surface area (Å²) in [5.74, 6) is 1.47. The largest absolute Gasteiger partial charge is 0.507 e. The topological polar surface area (TPSA) is 47.9 Å². The van der Waals surface area contributed by atoms with E-state index >= 15 is 0 Å². The van der Waals surface area contributed by atoms with E-state index in [0.29, 0.717) is 11.5 Å². The number of phenols is 1. The molecule has 1 aliphatic heterocycles. The summed E-state index contributed by atoms with van der Waals surface area (Å²) in [5, 5.41) is 12.4. The lowest BCUT2D eigenvalue weighted by molar-refractivity contribution is -0.157. The molecule has 1 heterocycles. The molecule has 3 aromatic carbocycles. The summed E-state index contributed by atoms with van der Waals surface area (Å²) in [7, 11) is 1.53. The summed E-state index contributed by atoms with van der Waals surface area (Å²) in [6.07, 6.45) is 0. The van der Waals surface area contributed by atoms with Crippen LogP contribution in [0.25, 0.3) is 21.9 Å². The lowest BCUT2D eigenvalue weighted by Crippen LogP contribution is -2.19. The monoisotopic (exact) mass is 334 g/mol. The van der Waals surface area contributed by atoms with Crippen molar-refractivity contribution >= 4 is 10.8 Å². The van der Waals surface area contributed by atoms with Crippen LogP contribution in [-0.2, 0) is 10.2 Å². The molecule has 4 heteroatoms. The van der Waals surface area contributed by atoms with Gasteiger partial charge >= 0.3 is 6.48 Å². The van der Waals surface area contributed by atoms with Crippen LogP contribution >= 0.6 is 0 Å². The molecule has 2 aliphatic rings. The predicted octanol–water partition coefficient (Wildman–Crippen LogP) is 4.55. The van der Waals surface area contributed by atoms with Crippen molar-refractivity contribution in [3.63, 3.8) is 0 Å². The van der Waals surface area contributed by atoms with Gasteiger partial charge in [0.15, 0.2) is 11.5 Å². The summed E-state index contributed by atoms with van der Waals surface area (Å²) in [6.45, 7) is 3.64. The number of benzene rings is 3. The molecule has 5 rings (SSSR count). The van der Waals surface area contributed by atoms with Crippen LogP contribution in [0.2, 0.25) is 0 Å². The van der Waals surface area contributed by atoms with Crippen molar-refractivity contribution in [2.24, 2.45) is 0 Å². The zero-order chi connectivity index (χ0) is 17.3. The number of phenolic OH excluding ortho intramolecular Hbond substituents is 1. The average molecular weight is 334 g/mol. The third-order valence-corrected chi connectivity index (χ3v) is 5.36. The molecule has 25 heavy (non-hydrogen) atoms. The standard InChI is InChI=1S/C21H18O4/c1-21(2)14-7-5-4-6-11(14)19-13-9-18-17(24-20(23-3)25-18)8-12(13)16(22)10-15(19)21/h4-10,20,22H,1-3H3. The smallest absolute Gasteiger partial charge is 0.360 e. The minimum atomic E-state index is -0.745. The lowest BCUT2D eigenvalue weighted by atomic mass is 9.82.